The molecule has 1 aromatic rings. The number of carbonyl (C=O) groups excluding carboxylic acids is 1. The molecule has 1 amide bonds. The van der Waals surface area contributed by atoms with Gasteiger partial charge in [0.1, 0.15) is 5.75 Å². The molecule has 0 saturated carbocycles. The molecule has 0 aliphatic heterocycles. The first-order valence-electron chi connectivity index (χ1n) is 3.86. The van der Waals surface area contributed by atoms with Crippen LogP contribution in [0.15, 0.2) is 24.3 Å². The fourth-order valence-electron chi connectivity index (χ4n) is 1.07. The molecule has 3 nitrogen and oxygen atoms in total. The molecule has 3 heteroatoms. The Bertz CT molecular complexity index is 336. The van der Waals surface area contributed by atoms with E-state index in [0.717, 1.165) is 11.1 Å². The molecular weight excluding hydrogens is 166 g/mol. The van der Waals surface area contributed by atoms with Crippen molar-refractivity contribution in [3.05, 3.63) is 35.4 Å². The van der Waals surface area contributed by atoms with Crippen LogP contribution < -0.4 is 5.73 Å². The average molecular weight is 177 g/mol. The maximum atomic E-state index is 10.4. The molecule has 0 bridgehead atoms. The first-order chi connectivity index (χ1) is 6.08. The second-order valence-corrected chi connectivity index (χ2v) is 2.84. The second kappa shape index (κ2) is 3.76. The summed E-state index contributed by atoms with van der Waals surface area (Å²) in [5.41, 5.74) is 6.62. The highest BCUT2D eigenvalue weighted by Crippen LogP contribution is 2.15. The topological polar surface area (TPSA) is 63.3 Å². The Morgan fingerprint density at radius 2 is 2.15 bits per heavy atom. The molecule has 0 aromatic heterocycles. The van der Waals surface area contributed by atoms with E-state index in [4.69, 9.17) is 5.73 Å². The van der Waals surface area contributed by atoms with Crippen LogP contribution >= 0.6 is 0 Å². The van der Waals surface area contributed by atoms with Gasteiger partial charge in [-0.3, -0.25) is 4.79 Å². The number of aryl methyl sites for hydroxylation is 1. The number of phenols is 1. The lowest BCUT2D eigenvalue weighted by molar-refractivity contribution is -0.113. The lowest BCUT2D eigenvalue weighted by atomic mass is 10.1. The van der Waals surface area contributed by atoms with Crippen LogP contribution in [0.3, 0.4) is 0 Å². The van der Waals surface area contributed by atoms with Crippen molar-refractivity contribution < 1.29 is 9.90 Å². The molecule has 0 fully saturated rings. The minimum Gasteiger partial charge on any atom is -0.508 e. The molecule has 0 unspecified atom stereocenters. The van der Waals surface area contributed by atoms with Crippen molar-refractivity contribution >= 4 is 12.0 Å². The number of aromatic hydroxyl groups is 1. The van der Waals surface area contributed by atoms with E-state index in [-0.39, 0.29) is 5.75 Å². The Hall–Kier alpha value is -1.77. The van der Waals surface area contributed by atoms with E-state index in [1.165, 1.54) is 6.08 Å². The van der Waals surface area contributed by atoms with Gasteiger partial charge in [0, 0.05) is 6.08 Å². The first kappa shape index (κ1) is 9.32. The van der Waals surface area contributed by atoms with Crippen LogP contribution in [0.25, 0.3) is 6.08 Å². The van der Waals surface area contributed by atoms with Gasteiger partial charge >= 0.3 is 0 Å². The van der Waals surface area contributed by atoms with Crippen molar-refractivity contribution in [2.45, 2.75) is 6.92 Å². The van der Waals surface area contributed by atoms with Gasteiger partial charge in [0.2, 0.25) is 5.91 Å². The van der Waals surface area contributed by atoms with Gasteiger partial charge in [-0.2, -0.15) is 0 Å². The van der Waals surface area contributed by atoms with E-state index in [0.29, 0.717) is 0 Å². The van der Waals surface area contributed by atoms with E-state index in [1.807, 2.05) is 13.0 Å². The summed E-state index contributed by atoms with van der Waals surface area (Å²) >= 11 is 0. The van der Waals surface area contributed by atoms with Crippen LogP contribution in [0.1, 0.15) is 11.1 Å². The van der Waals surface area contributed by atoms with E-state index in [9.17, 15) is 9.90 Å². The number of carbonyl (C=O) groups is 1. The SMILES string of the molecule is Cc1cc(O)cc(C=CC(N)=O)c1. The maximum absolute atomic E-state index is 10.4. The van der Waals surface area contributed by atoms with Crippen LogP contribution in [0, 0.1) is 6.92 Å². The molecular formula is C10H11NO2. The van der Waals surface area contributed by atoms with Crippen LogP contribution in [0.2, 0.25) is 0 Å². The van der Waals surface area contributed by atoms with E-state index in [2.05, 4.69) is 0 Å². The highest BCUT2D eigenvalue weighted by molar-refractivity contribution is 5.90. The third-order valence-corrected chi connectivity index (χ3v) is 1.52. The molecule has 0 aliphatic carbocycles. The van der Waals surface area contributed by atoms with Gasteiger partial charge in [-0.15, -0.1) is 0 Å². The number of hydrogen-bond acceptors (Lipinski definition) is 2. The van der Waals surface area contributed by atoms with Crippen molar-refractivity contribution in [1.29, 1.82) is 0 Å². The van der Waals surface area contributed by atoms with Crippen molar-refractivity contribution in [3.8, 4) is 5.75 Å². The molecule has 68 valence electrons. The van der Waals surface area contributed by atoms with Gasteiger partial charge in [0.05, 0.1) is 0 Å². The van der Waals surface area contributed by atoms with Crippen molar-refractivity contribution in [1.82, 2.24) is 0 Å². The molecule has 0 aliphatic rings. The number of rotatable bonds is 2. The number of amides is 1. The highest BCUT2D eigenvalue weighted by Gasteiger charge is 1.93. The monoisotopic (exact) mass is 177 g/mol. The third-order valence-electron chi connectivity index (χ3n) is 1.52. The van der Waals surface area contributed by atoms with Crippen LogP contribution in [-0.2, 0) is 4.79 Å². The minimum atomic E-state index is -0.499. The molecule has 13 heavy (non-hydrogen) atoms. The summed E-state index contributed by atoms with van der Waals surface area (Å²) in [6.07, 6.45) is 2.82. The highest BCUT2D eigenvalue weighted by atomic mass is 16.3. The molecule has 0 saturated heterocycles. The van der Waals surface area contributed by atoms with E-state index >= 15 is 0 Å². The fraction of sp³-hybridized carbons (Fsp3) is 0.100. The third kappa shape index (κ3) is 2.99. The number of benzene rings is 1. The zero-order valence-electron chi connectivity index (χ0n) is 7.32. The fourth-order valence-corrected chi connectivity index (χ4v) is 1.07. The Labute approximate surface area is 76.5 Å². The zero-order chi connectivity index (χ0) is 9.84. The lowest BCUT2D eigenvalue weighted by Gasteiger charge is -1.97. The lowest BCUT2D eigenvalue weighted by Crippen LogP contribution is -2.05. The summed E-state index contributed by atoms with van der Waals surface area (Å²) < 4.78 is 0. The van der Waals surface area contributed by atoms with E-state index in [1.54, 1.807) is 18.2 Å². The maximum Gasteiger partial charge on any atom is 0.241 e. The Kier molecular flexibility index (Phi) is 2.69. The van der Waals surface area contributed by atoms with Crippen LogP contribution in [-0.4, -0.2) is 11.0 Å². The summed E-state index contributed by atoms with van der Waals surface area (Å²) in [5.74, 6) is -0.315. The summed E-state index contributed by atoms with van der Waals surface area (Å²) in [6.45, 7) is 1.86. The van der Waals surface area contributed by atoms with Gasteiger partial charge in [0.15, 0.2) is 0 Å². The Morgan fingerprint density at radius 1 is 1.46 bits per heavy atom. The van der Waals surface area contributed by atoms with E-state index < -0.39 is 5.91 Å². The summed E-state index contributed by atoms with van der Waals surface area (Å²) in [6, 6.07) is 5.05. The molecule has 0 radical (unpaired) electrons. The summed E-state index contributed by atoms with van der Waals surface area (Å²) in [5, 5.41) is 9.21. The van der Waals surface area contributed by atoms with Gasteiger partial charge in [-0.1, -0.05) is 6.07 Å². The Balaban J connectivity index is 2.95. The normalized spacial score (nSPS) is 10.5. The molecule has 0 spiro atoms. The quantitative estimate of drug-likeness (QED) is 0.666. The standard InChI is InChI=1S/C10H11NO2/c1-7-4-8(2-3-10(11)13)6-9(12)5-7/h2-6,12H,1H3,(H2,11,13). The molecule has 1 aromatic carbocycles. The van der Waals surface area contributed by atoms with Gasteiger partial charge in [0.25, 0.3) is 0 Å². The average Bonchev–Trinajstić information content (AvgIpc) is 1.99. The van der Waals surface area contributed by atoms with Crippen molar-refractivity contribution in [3.63, 3.8) is 0 Å². The minimum absolute atomic E-state index is 0.184. The largest absolute Gasteiger partial charge is 0.508 e. The number of hydrogen-bond donors (Lipinski definition) is 2. The number of primary amides is 1. The predicted molar refractivity (Wildman–Crippen MR) is 51.1 cm³/mol. The van der Waals surface area contributed by atoms with Gasteiger partial charge in [-0.25, -0.2) is 0 Å². The van der Waals surface area contributed by atoms with Crippen LogP contribution in [0.5, 0.6) is 5.75 Å². The summed E-state index contributed by atoms with van der Waals surface area (Å²) in [7, 11) is 0. The summed E-state index contributed by atoms with van der Waals surface area (Å²) in [4.78, 5) is 10.4. The van der Waals surface area contributed by atoms with Gasteiger partial charge in [-0.05, 0) is 36.3 Å². The molecule has 1 rings (SSSR count). The van der Waals surface area contributed by atoms with Crippen LogP contribution in [0.4, 0.5) is 0 Å². The van der Waals surface area contributed by atoms with Crippen molar-refractivity contribution in [2.75, 3.05) is 0 Å². The first-order valence-corrected chi connectivity index (χ1v) is 3.86. The predicted octanol–water partition coefficient (Wildman–Crippen LogP) is 1.20. The van der Waals surface area contributed by atoms with Crippen molar-refractivity contribution in [2.24, 2.45) is 5.73 Å². The Morgan fingerprint density at radius 3 is 2.69 bits per heavy atom. The zero-order valence-corrected chi connectivity index (χ0v) is 7.32. The smallest absolute Gasteiger partial charge is 0.241 e. The number of nitrogens with two attached hydrogens (primary N) is 1. The van der Waals surface area contributed by atoms with Gasteiger partial charge < -0.3 is 10.8 Å². The molecule has 3 N–H and O–H groups in total. The second-order valence-electron chi connectivity index (χ2n) is 2.84. The molecule has 0 atom stereocenters. The number of phenolic OH excluding ortho intramolecular Hbond substituents is 1. The molecule has 0 heterocycles.